The van der Waals surface area contributed by atoms with Crippen LogP contribution in [0.2, 0.25) is 0 Å². The number of hydrogen-bond donors (Lipinski definition) is 1. The van der Waals surface area contributed by atoms with Gasteiger partial charge in [-0.2, -0.15) is 0 Å². The first-order chi connectivity index (χ1) is 7.36. The fourth-order valence-corrected chi connectivity index (χ4v) is 2.23. The maximum Gasteiger partial charge on any atom is 0.246 e. The van der Waals surface area contributed by atoms with E-state index in [0.717, 1.165) is 45.3 Å². The predicted octanol–water partition coefficient (Wildman–Crippen LogP) is 0.930. The highest BCUT2D eigenvalue weighted by molar-refractivity contribution is 5.75. The van der Waals surface area contributed by atoms with Crippen LogP contribution < -0.4 is 5.32 Å². The molecule has 2 aliphatic heterocycles. The van der Waals surface area contributed by atoms with Crippen LogP contribution in [0.25, 0.3) is 0 Å². The van der Waals surface area contributed by atoms with Gasteiger partial charge in [0.05, 0.1) is 6.61 Å². The molecule has 2 saturated heterocycles. The van der Waals surface area contributed by atoms with Crippen LogP contribution in [-0.4, -0.2) is 37.2 Å². The molecule has 0 aromatic heterocycles. The minimum Gasteiger partial charge on any atom is -0.317 e. The van der Waals surface area contributed by atoms with Crippen molar-refractivity contribution in [2.45, 2.75) is 32.1 Å². The van der Waals surface area contributed by atoms with E-state index in [-0.39, 0.29) is 5.91 Å². The van der Waals surface area contributed by atoms with Crippen molar-refractivity contribution in [3.05, 3.63) is 0 Å². The third-order valence-electron chi connectivity index (χ3n) is 3.20. The predicted molar refractivity (Wildman–Crippen MR) is 57.1 cm³/mol. The summed E-state index contributed by atoms with van der Waals surface area (Å²) >= 11 is 0. The Labute approximate surface area is 90.9 Å². The van der Waals surface area contributed by atoms with Crippen molar-refractivity contribution in [2.24, 2.45) is 5.92 Å². The Kier molecular flexibility index (Phi) is 3.97. The minimum atomic E-state index is 0.182. The summed E-state index contributed by atoms with van der Waals surface area (Å²) < 4.78 is 0. The number of nitrogens with one attached hydrogen (secondary N) is 1. The van der Waals surface area contributed by atoms with Crippen molar-refractivity contribution in [3.8, 4) is 0 Å². The molecule has 0 saturated carbocycles. The number of hydroxylamine groups is 2. The third kappa shape index (κ3) is 3.18. The maximum atomic E-state index is 11.8. The van der Waals surface area contributed by atoms with Crippen LogP contribution in [0.4, 0.5) is 0 Å². The van der Waals surface area contributed by atoms with Gasteiger partial charge < -0.3 is 5.32 Å². The molecule has 0 unspecified atom stereocenters. The summed E-state index contributed by atoms with van der Waals surface area (Å²) in [5.74, 6) is 0.742. The van der Waals surface area contributed by atoms with Crippen LogP contribution in [-0.2, 0) is 9.63 Å². The summed E-state index contributed by atoms with van der Waals surface area (Å²) in [6.45, 7) is 3.60. The Balaban J connectivity index is 1.74. The number of amides is 1. The Morgan fingerprint density at radius 3 is 2.80 bits per heavy atom. The summed E-state index contributed by atoms with van der Waals surface area (Å²) in [6.07, 6.45) is 5.08. The van der Waals surface area contributed by atoms with E-state index < -0.39 is 0 Å². The molecule has 0 aromatic carbocycles. The molecule has 4 heteroatoms. The Morgan fingerprint density at radius 1 is 1.33 bits per heavy atom. The molecule has 1 N–H and O–H groups in total. The van der Waals surface area contributed by atoms with Crippen LogP contribution in [0.1, 0.15) is 32.1 Å². The third-order valence-corrected chi connectivity index (χ3v) is 3.20. The molecule has 4 nitrogen and oxygen atoms in total. The first kappa shape index (κ1) is 10.9. The SMILES string of the molecule is O=C(CC1CCNCC1)N1CCCCO1. The number of piperidine rings is 1. The highest BCUT2D eigenvalue weighted by Gasteiger charge is 2.22. The number of rotatable bonds is 2. The van der Waals surface area contributed by atoms with Gasteiger partial charge in [-0.25, -0.2) is 5.06 Å². The van der Waals surface area contributed by atoms with Crippen LogP contribution in [0, 0.1) is 5.92 Å². The molecule has 2 fully saturated rings. The van der Waals surface area contributed by atoms with Crippen molar-refractivity contribution in [1.29, 1.82) is 0 Å². The van der Waals surface area contributed by atoms with E-state index in [2.05, 4.69) is 5.32 Å². The zero-order chi connectivity index (χ0) is 10.5. The summed E-state index contributed by atoms with van der Waals surface area (Å²) in [5, 5.41) is 4.89. The van der Waals surface area contributed by atoms with Gasteiger partial charge in [-0.3, -0.25) is 9.63 Å². The molecule has 2 rings (SSSR count). The van der Waals surface area contributed by atoms with Gasteiger partial charge in [0.2, 0.25) is 5.91 Å². The molecule has 0 aliphatic carbocycles. The van der Waals surface area contributed by atoms with Crippen LogP contribution in [0.5, 0.6) is 0 Å². The first-order valence-corrected chi connectivity index (χ1v) is 6.00. The number of nitrogens with zero attached hydrogens (tertiary/aromatic N) is 1. The largest absolute Gasteiger partial charge is 0.317 e. The second kappa shape index (κ2) is 5.47. The van der Waals surface area contributed by atoms with Gasteiger partial charge in [0.15, 0.2) is 0 Å². The van der Waals surface area contributed by atoms with E-state index in [0.29, 0.717) is 18.9 Å². The summed E-state index contributed by atoms with van der Waals surface area (Å²) in [4.78, 5) is 17.2. The molecule has 0 spiro atoms. The van der Waals surface area contributed by atoms with E-state index in [1.807, 2.05) is 0 Å². The second-order valence-corrected chi connectivity index (χ2v) is 4.43. The van der Waals surface area contributed by atoms with Crippen molar-refractivity contribution in [2.75, 3.05) is 26.2 Å². The lowest BCUT2D eigenvalue weighted by molar-refractivity contribution is -0.198. The Hall–Kier alpha value is -0.610. The maximum absolute atomic E-state index is 11.8. The van der Waals surface area contributed by atoms with E-state index in [9.17, 15) is 4.79 Å². The Morgan fingerprint density at radius 2 is 2.13 bits per heavy atom. The lowest BCUT2D eigenvalue weighted by Gasteiger charge is -2.28. The average Bonchev–Trinajstić information content (AvgIpc) is 2.31. The molecule has 15 heavy (non-hydrogen) atoms. The zero-order valence-corrected chi connectivity index (χ0v) is 9.21. The molecule has 2 heterocycles. The number of carbonyl (C=O) groups excluding carboxylic acids is 1. The molecule has 0 atom stereocenters. The topological polar surface area (TPSA) is 41.6 Å². The Bertz CT molecular complexity index is 209. The fraction of sp³-hybridized carbons (Fsp3) is 0.909. The molecule has 1 amide bonds. The number of hydrogen-bond acceptors (Lipinski definition) is 3. The lowest BCUT2D eigenvalue weighted by atomic mass is 9.94. The molecular formula is C11H20N2O2. The molecule has 0 radical (unpaired) electrons. The fourth-order valence-electron chi connectivity index (χ4n) is 2.23. The smallest absolute Gasteiger partial charge is 0.246 e. The van der Waals surface area contributed by atoms with Crippen molar-refractivity contribution in [1.82, 2.24) is 10.4 Å². The van der Waals surface area contributed by atoms with E-state index in [1.165, 1.54) is 0 Å². The highest BCUT2D eigenvalue weighted by atomic mass is 16.7. The van der Waals surface area contributed by atoms with Gasteiger partial charge in [-0.05, 0) is 44.7 Å². The quantitative estimate of drug-likeness (QED) is 0.740. The van der Waals surface area contributed by atoms with E-state index in [1.54, 1.807) is 5.06 Å². The molecular weight excluding hydrogens is 192 g/mol. The summed E-state index contributed by atoms with van der Waals surface area (Å²) in [6, 6.07) is 0. The van der Waals surface area contributed by atoms with Crippen molar-refractivity contribution in [3.63, 3.8) is 0 Å². The summed E-state index contributed by atoms with van der Waals surface area (Å²) in [7, 11) is 0. The first-order valence-electron chi connectivity index (χ1n) is 6.00. The van der Waals surface area contributed by atoms with E-state index in [4.69, 9.17) is 4.84 Å². The van der Waals surface area contributed by atoms with Gasteiger partial charge in [0.1, 0.15) is 0 Å². The van der Waals surface area contributed by atoms with Crippen LogP contribution in [0.15, 0.2) is 0 Å². The van der Waals surface area contributed by atoms with Crippen molar-refractivity contribution < 1.29 is 9.63 Å². The van der Waals surface area contributed by atoms with Gasteiger partial charge in [0, 0.05) is 13.0 Å². The van der Waals surface area contributed by atoms with Crippen molar-refractivity contribution >= 4 is 5.91 Å². The van der Waals surface area contributed by atoms with Crippen LogP contribution in [0.3, 0.4) is 0 Å². The van der Waals surface area contributed by atoms with Crippen LogP contribution >= 0.6 is 0 Å². The monoisotopic (exact) mass is 212 g/mol. The summed E-state index contributed by atoms with van der Waals surface area (Å²) in [5.41, 5.74) is 0. The standard InChI is InChI=1S/C11H20N2O2/c14-11(13-7-1-2-8-15-13)9-10-3-5-12-6-4-10/h10,12H,1-9H2. The second-order valence-electron chi connectivity index (χ2n) is 4.43. The van der Waals surface area contributed by atoms with Gasteiger partial charge >= 0.3 is 0 Å². The zero-order valence-electron chi connectivity index (χ0n) is 9.21. The molecule has 0 bridgehead atoms. The normalized spacial score (nSPS) is 24.1. The molecule has 2 aliphatic rings. The highest BCUT2D eigenvalue weighted by Crippen LogP contribution is 2.18. The number of carbonyl (C=O) groups is 1. The molecule has 86 valence electrons. The van der Waals surface area contributed by atoms with Gasteiger partial charge in [-0.15, -0.1) is 0 Å². The lowest BCUT2D eigenvalue weighted by Crippen LogP contribution is -2.38. The minimum absolute atomic E-state index is 0.182. The van der Waals surface area contributed by atoms with Gasteiger partial charge in [-0.1, -0.05) is 0 Å². The average molecular weight is 212 g/mol. The van der Waals surface area contributed by atoms with Gasteiger partial charge in [0.25, 0.3) is 0 Å². The van der Waals surface area contributed by atoms with E-state index >= 15 is 0 Å². The molecule has 0 aromatic rings.